The van der Waals surface area contributed by atoms with Crippen LogP contribution in [0.5, 0.6) is 0 Å². The molecule has 0 bridgehead atoms. The SMILES string of the molecule is C[C@H](OC(=O)c1ccc(Cl)nc1)C(=O)Nc1ccc(Cl)cn1. The van der Waals surface area contributed by atoms with Crippen LogP contribution in [0.3, 0.4) is 0 Å². The average molecular weight is 340 g/mol. The summed E-state index contributed by atoms with van der Waals surface area (Å²) < 4.78 is 5.05. The highest BCUT2D eigenvalue weighted by Gasteiger charge is 2.19. The van der Waals surface area contributed by atoms with Crippen LogP contribution in [-0.4, -0.2) is 27.9 Å². The van der Waals surface area contributed by atoms with Crippen molar-refractivity contribution in [1.82, 2.24) is 9.97 Å². The summed E-state index contributed by atoms with van der Waals surface area (Å²) in [5.41, 5.74) is 0.202. The molecule has 22 heavy (non-hydrogen) atoms. The quantitative estimate of drug-likeness (QED) is 0.684. The Balaban J connectivity index is 1.94. The summed E-state index contributed by atoms with van der Waals surface area (Å²) in [5, 5.41) is 3.22. The van der Waals surface area contributed by atoms with Crippen LogP contribution in [0.2, 0.25) is 10.2 Å². The van der Waals surface area contributed by atoms with Crippen LogP contribution in [0.15, 0.2) is 36.7 Å². The van der Waals surface area contributed by atoms with E-state index < -0.39 is 18.0 Å². The van der Waals surface area contributed by atoms with Gasteiger partial charge in [0.05, 0.1) is 10.6 Å². The first-order valence-corrected chi connectivity index (χ1v) is 6.96. The van der Waals surface area contributed by atoms with Gasteiger partial charge in [0.2, 0.25) is 0 Å². The molecular formula is C14H11Cl2N3O3. The van der Waals surface area contributed by atoms with Crippen LogP contribution < -0.4 is 5.32 Å². The van der Waals surface area contributed by atoms with Crippen molar-refractivity contribution >= 4 is 40.9 Å². The van der Waals surface area contributed by atoms with Gasteiger partial charge >= 0.3 is 5.97 Å². The fourth-order valence-electron chi connectivity index (χ4n) is 1.46. The molecule has 0 radical (unpaired) electrons. The molecule has 0 unspecified atom stereocenters. The molecule has 8 heteroatoms. The molecule has 0 saturated carbocycles. The zero-order chi connectivity index (χ0) is 16.1. The zero-order valence-electron chi connectivity index (χ0n) is 11.4. The van der Waals surface area contributed by atoms with Gasteiger partial charge in [-0.3, -0.25) is 4.79 Å². The van der Waals surface area contributed by atoms with Crippen molar-refractivity contribution < 1.29 is 14.3 Å². The van der Waals surface area contributed by atoms with Gasteiger partial charge in [-0.15, -0.1) is 0 Å². The van der Waals surface area contributed by atoms with Gasteiger partial charge in [-0.1, -0.05) is 23.2 Å². The lowest BCUT2D eigenvalue weighted by Crippen LogP contribution is -2.30. The maximum absolute atomic E-state index is 11.9. The number of anilines is 1. The molecule has 2 heterocycles. The molecule has 0 saturated heterocycles. The molecular weight excluding hydrogens is 329 g/mol. The fourth-order valence-corrected chi connectivity index (χ4v) is 1.68. The molecule has 2 aromatic rings. The van der Waals surface area contributed by atoms with E-state index in [2.05, 4.69) is 15.3 Å². The highest BCUT2D eigenvalue weighted by Crippen LogP contribution is 2.11. The van der Waals surface area contributed by atoms with Crippen molar-refractivity contribution in [3.05, 3.63) is 52.4 Å². The van der Waals surface area contributed by atoms with Gasteiger partial charge in [-0.2, -0.15) is 0 Å². The second kappa shape index (κ2) is 7.20. The van der Waals surface area contributed by atoms with E-state index in [0.29, 0.717) is 10.8 Å². The molecule has 1 N–H and O–H groups in total. The summed E-state index contributed by atoms with van der Waals surface area (Å²) >= 11 is 11.3. The van der Waals surface area contributed by atoms with E-state index in [4.69, 9.17) is 27.9 Å². The highest BCUT2D eigenvalue weighted by atomic mass is 35.5. The number of carbonyl (C=O) groups excluding carboxylic acids is 2. The first-order chi connectivity index (χ1) is 10.5. The predicted molar refractivity (Wildman–Crippen MR) is 82.0 cm³/mol. The second-order valence-corrected chi connectivity index (χ2v) is 5.09. The zero-order valence-corrected chi connectivity index (χ0v) is 12.9. The predicted octanol–water partition coefficient (Wildman–Crippen LogP) is 2.97. The van der Waals surface area contributed by atoms with Gasteiger partial charge in [0.25, 0.3) is 5.91 Å². The number of nitrogens with zero attached hydrogens (tertiary/aromatic N) is 2. The number of ether oxygens (including phenoxy) is 1. The molecule has 0 spiro atoms. The third kappa shape index (κ3) is 4.41. The summed E-state index contributed by atoms with van der Waals surface area (Å²) in [7, 11) is 0. The van der Waals surface area contributed by atoms with Crippen molar-refractivity contribution in [2.45, 2.75) is 13.0 Å². The number of amides is 1. The number of hydrogen-bond donors (Lipinski definition) is 1. The van der Waals surface area contributed by atoms with Crippen LogP contribution in [0.1, 0.15) is 17.3 Å². The third-order valence-electron chi connectivity index (χ3n) is 2.59. The van der Waals surface area contributed by atoms with Gasteiger partial charge in [0.15, 0.2) is 6.10 Å². The Hall–Kier alpha value is -2.18. The van der Waals surface area contributed by atoms with Gasteiger partial charge in [0.1, 0.15) is 11.0 Å². The van der Waals surface area contributed by atoms with Gasteiger partial charge in [-0.25, -0.2) is 14.8 Å². The smallest absolute Gasteiger partial charge is 0.340 e. The third-order valence-corrected chi connectivity index (χ3v) is 3.04. The number of halogens is 2. The van der Waals surface area contributed by atoms with Crippen molar-refractivity contribution in [1.29, 1.82) is 0 Å². The van der Waals surface area contributed by atoms with Crippen molar-refractivity contribution in [3.63, 3.8) is 0 Å². The van der Waals surface area contributed by atoms with Crippen molar-refractivity contribution in [3.8, 4) is 0 Å². The molecule has 1 atom stereocenters. The minimum Gasteiger partial charge on any atom is -0.449 e. The number of nitrogens with one attached hydrogen (secondary N) is 1. The van der Waals surface area contributed by atoms with Crippen LogP contribution in [0.25, 0.3) is 0 Å². The minimum absolute atomic E-state index is 0.202. The number of rotatable bonds is 4. The number of hydrogen-bond acceptors (Lipinski definition) is 5. The standard InChI is InChI=1S/C14H11Cl2N3O3/c1-8(13(20)19-12-5-3-10(15)7-18-12)22-14(21)9-2-4-11(16)17-6-9/h2-8H,1H3,(H,18,19,20)/t8-/m0/s1. The lowest BCUT2D eigenvalue weighted by Gasteiger charge is -2.13. The Labute approximate surface area is 136 Å². The Kier molecular flexibility index (Phi) is 5.30. The van der Waals surface area contributed by atoms with E-state index in [1.807, 2.05) is 0 Å². The van der Waals surface area contributed by atoms with E-state index in [1.165, 1.54) is 37.5 Å². The summed E-state index contributed by atoms with van der Waals surface area (Å²) in [4.78, 5) is 31.5. The molecule has 1 amide bonds. The van der Waals surface area contributed by atoms with Gasteiger partial charge < -0.3 is 10.1 Å². The van der Waals surface area contributed by atoms with E-state index >= 15 is 0 Å². The molecule has 2 rings (SSSR count). The van der Waals surface area contributed by atoms with Gasteiger partial charge in [0, 0.05) is 12.4 Å². The van der Waals surface area contributed by atoms with Crippen LogP contribution >= 0.6 is 23.2 Å². The van der Waals surface area contributed by atoms with E-state index in [1.54, 1.807) is 6.07 Å². The molecule has 2 aromatic heterocycles. The molecule has 114 valence electrons. The maximum atomic E-state index is 11.9. The highest BCUT2D eigenvalue weighted by molar-refractivity contribution is 6.30. The van der Waals surface area contributed by atoms with Crippen LogP contribution in [-0.2, 0) is 9.53 Å². The Bertz CT molecular complexity index is 675. The number of carbonyl (C=O) groups is 2. The largest absolute Gasteiger partial charge is 0.449 e. The Morgan fingerprint density at radius 2 is 1.91 bits per heavy atom. The minimum atomic E-state index is -0.999. The van der Waals surface area contributed by atoms with Gasteiger partial charge in [-0.05, 0) is 31.2 Å². The first kappa shape index (κ1) is 16.2. The molecule has 0 aliphatic heterocycles. The Morgan fingerprint density at radius 1 is 1.14 bits per heavy atom. The normalized spacial score (nSPS) is 11.6. The summed E-state index contributed by atoms with van der Waals surface area (Å²) in [5.74, 6) is -0.869. The second-order valence-electron chi connectivity index (χ2n) is 4.27. The summed E-state index contributed by atoms with van der Waals surface area (Å²) in [6, 6.07) is 6.04. The van der Waals surface area contributed by atoms with E-state index in [9.17, 15) is 9.59 Å². The average Bonchev–Trinajstić information content (AvgIpc) is 2.50. The maximum Gasteiger partial charge on any atom is 0.340 e. The summed E-state index contributed by atoms with van der Waals surface area (Å²) in [6.07, 6.45) is 1.67. The molecule has 0 fully saturated rings. The van der Waals surface area contributed by atoms with E-state index in [-0.39, 0.29) is 10.7 Å². The lowest BCUT2D eigenvalue weighted by atomic mass is 10.3. The lowest BCUT2D eigenvalue weighted by molar-refractivity contribution is -0.123. The fraction of sp³-hybridized carbons (Fsp3) is 0.143. The first-order valence-electron chi connectivity index (χ1n) is 6.20. The van der Waals surface area contributed by atoms with Crippen molar-refractivity contribution in [2.75, 3.05) is 5.32 Å². The number of aromatic nitrogens is 2. The molecule has 0 aromatic carbocycles. The molecule has 0 aliphatic rings. The van der Waals surface area contributed by atoms with Crippen LogP contribution in [0, 0.1) is 0 Å². The molecule has 0 aliphatic carbocycles. The van der Waals surface area contributed by atoms with E-state index in [0.717, 1.165) is 0 Å². The molecule has 6 nitrogen and oxygen atoms in total. The Morgan fingerprint density at radius 3 is 2.50 bits per heavy atom. The summed E-state index contributed by atoms with van der Waals surface area (Å²) in [6.45, 7) is 1.45. The van der Waals surface area contributed by atoms with Crippen molar-refractivity contribution in [2.24, 2.45) is 0 Å². The van der Waals surface area contributed by atoms with Crippen LogP contribution in [0.4, 0.5) is 5.82 Å². The number of pyridine rings is 2. The monoisotopic (exact) mass is 339 g/mol. The topological polar surface area (TPSA) is 81.2 Å². The number of esters is 1.